The Labute approximate surface area is 117 Å². The number of aromatic nitrogens is 1. The standard InChI is InChI=1S/C15H19NO4/c1-10-5-6-12(17)13(15(19)20-2)14(18)11-4-3-8-16(11)9-7-10/h3-4,8,10,18H,5-7,9H2,1-2H3/t10-/m1/s1. The van der Waals surface area contributed by atoms with Crippen LogP contribution in [0.5, 0.6) is 0 Å². The van der Waals surface area contributed by atoms with Crippen molar-refractivity contribution in [1.29, 1.82) is 0 Å². The highest BCUT2D eigenvalue weighted by molar-refractivity contribution is 6.21. The summed E-state index contributed by atoms with van der Waals surface area (Å²) in [6.45, 7) is 2.83. The molecule has 1 aromatic heterocycles. The lowest BCUT2D eigenvalue weighted by Gasteiger charge is -2.17. The molecule has 20 heavy (non-hydrogen) atoms. The highest BCUT2D eigenvalue weighted by atomic mass is 16.5. The molecule has 0 aliphatic carbocycles. The van der Waals surface area contributed by atoms with Crippen molar-refractivity contribution in [2.75, 3.05) is 7.11 Å². The second-order valence-corrected chi connectivity index (χ2v) is 5.16. The van der Waals surface area contributed by atoms with E-state index in [1.54, 1.807) is 12.1 Å². The van der Waals surface area contributed by atoms with E-state index < -0.39 is 5.97 Å². The number of ketones is 1. The van der Waals surface area contributed by atoms with Crippen molar-refractivity contribution in [2.24, 2.45) is 5.92 Å². The Morgan fingerprint density at radius 1 is 1.45 bits per heavy atom. The highest BCUT2D eigenvalue weighted by Crippen LogP contribution is 2.24. The molecular formula is C15H19NO4. The van der Waals surface area contributed by atoms with Gasteiger partial charge < -0.3 is 14.4 Å². The first-order chi connectivity index (χ1) is 9.54. The lowest BCUT2D eigenvalue weighted by molar-refractivity contribution is -0.137. The summed E-state index contributed by atoms with van der Waals surface area (Å²) < 4.78 is 6.49. The smallest absolute Gasteiger partial charge is 0.345 e. The number of aliphatic hydroxyl groups is 1. The first-order valence-corrected chi connectivity index (χ1v) is 6.75. The van der Waals surface area contributed by atoms with E-state index in [9.17, 15) is 14.7 Å². The molecule has 0 radical (unpaired) electrons. The average Bonchev–Trinajstić information content (AvgIpc) is 2.90. The topological polar surface area (TPSA) is 68.5 Å². The van der Waals surface area contributed by atoms with E-state index in [0.29, 0.717) is 18.0 Å². The largest absolute Gasteiger partial charge is 0.505 e. The molecule has 0 aromatic carbocycles. The Morgan fingerprint density at radius 3 is 2.90 bits per heavy atom. The lowest BCUT2D eigenvalue weighted by Crippen LogP contribution is -2.20. The number of hydrogen-bond acceptors (Lipinski definition) is 4. The van der Waals surface area contributed by atoms with Crippen LogP contribution in [0.3, 0.4) is 0 Å². The minimum absolute atomic E-state index is 0.246. The molecule has 0 bridgehead atoms. The predicted octanol–water partition coefficient (Wildman–Crippen LogP) is 2.32. The number of aliphatic hydroxyl groups excluding tert-OH is 1. The predicted molar refractivity (Wildman–Crippen MR) is 74.0 cm³/mol. The van der Waals surface area contributed by atoms with Crippen LogP contribution in [0.15, 0.2) is 23.9 Å². The van der Waals surface area contributed by atoms with Crippen LogP contribution < -0.4 is 0 Å². The average molecular weight is 277 g/mol. The van der Waals surface area contributed by atoms with Crippen molar-refractivity contribution < 1.29 is 19.4 Å². The number of methoxy groups -OCH3 is 1. The number of ether oxygens (including phenoxy) is 1. The molecule has 1 aliphatic heterocycles. The molecule has 5 heteroatoms. The van der Waals surface area contributed by atoms with E-state index in [1.807, 2.05) is 10.8 Å². The number of Topliss-reactive ketones (excluding diaryl/α,β-unsaturated/α-hetero) is 1. The second kappa shape index (κ2) is 5.94. The fourth-order valence-electron chi connectivity index (χ4n) is 2.40. The number of fused-ring (bicyclic) bond motifs is 1. The molecule has 1 N–H and O–H groups in total. The summed E-state index contributed by atoms with van der Waals surface area (Å²) in [7, 11) is 1.20. The minimum atomic E-state index is -0.784. The van der Waals surface area contributed by atoms with Gasteiger partial charge >= 0.3 is 5.97 Å². The molecule has 0 saturated carbocycles. The molecule has 0 amide bonds. The zero-order valence-electron chi connectivity index (χ0n) is 11.8. The molecule has 0 saturated heterocycles. The molecule has 0 unspecified atom stereocenters. The molecule has 0 spiro atoms. The molecule has 1 aliphatic rings. The number of esters is 1. The molecule has 5 nitrogen and oxygen atoms in total. The van der Waals surface area contributed by atoms with Gasteiger partial charge in [-0.2, -0.15) is 0 Å². The first-order valence-electron chi connectivity index (χ1n) is 6.75. The number of carbonyl (C=O) groups excluding carboxylic acids is 2. The van der Waals surface area contributed by atoms with Gasteiger partial charge in [-0.25, -0.2) is 4.79 Å². The maximum Gasteiger partial charge on any atom is 0.345 e. The zero-order chi connectivity index (χ0) is 14.7. The van der Waals surface area contributed by atoms with Gasteiger partial charge in [0.15, 0.2) is 11.5 Å². The van der Waals surface area contributed by atoms with Gasteiger partial charge in [0.05, 0.1) is 12.8 Å². The van der Waals surface area contributed by atoms with Crippen LogP contribution in [0.25, 0.3) is 5.76 Å². The van der Waals surface area contributed by atoms with Gasteiger partial charge in [-0.1, -0.05) is 6.92 Å². The minimum Gasteiger partial charge on any atom is -0.505 e. The monoisotopic (exact) mass is 277 g/mol. The van der Waals surface area contributed by atoms with E-state index in [1.165, 1.54) is 7.11 Å². The summed E-state index contributed by atoms with van der Waals surface area (Å²) in [5, 5.41) is 10.3. The molecule has 1 atom stereocenters. The Kier molecular flexibility index (Phi) is 4.27. The van der Waals surface area contributed by atoms with Crippen molar-refractivity contribution in [3.8, 4) is 0 Å². The van der Waals surface area contributed by atoms with Crippen molar-refractivity contribution >= 4 is 17.5 Å². The molecular weight excluding hydrogens is 258 g/mol. The number of nitrogens with zero attached hydrogens (tertiary/aromatic N) is 1. The lowest BCUT2D eigenvalue weighted by atomic mass is 9.95. The summed E-state index contributed by atoms with van der Waals surface area (Å²) in [5.74, 6) is -1.06. The summed E-state index contributed by atoms with van der Waals surface area (Å²) in [4.78, 5) is 24.0. The van der Waals surface area contributed by atoms with Crippen molar-refractivity contribution in [2.45, 2.75) is 32.7 Å². The Bertz CT molecular complexity index is 556. The van der Waals surface area contributed by atoms with Gasteiger partial charge in [0.2, 0.25) is 0 Å². The van der Waals surface area contributed by atoms with Crippen molar-refractivity contribution in [3.05, 3.63) is 29.6 Å². The third-order valence-corrected chi connectivity index (χ3v) is 3.70. The normalized spacial score (nSPS) is 20.5. The third kappa shape index (κ3) is 2.76. The van der Waals surface area contributed by atoms with E-state index in [2.05, 4.69) is 11.7 Å². The second-order valence-electron chi connectivity index (χ2n) is 5.16. The van der Waals surface area contributed by atoms with Gasteiger partial charge in [0.1, 0.15) is 5.57 Å². The van der Waals surface area contributed by atoms with Crippen LogP contribution >= 0.6 is 0 Å². The Morgan fingerprint density at radius 2 is 2.20 bits per heavy atom. The maximum absolute atomic E-state index is 12.2. The summed E-state index contributed by atoms with van der Waals surface area (Å²) >= 11 is 0. The molecule has 0 fully saturated rings. The molecule has 108 valence electrons. The third-order valence-electron chi connectivity index (χ3n) is 3.70. The van der Waals surface area contributed by atoms with Crippen LogP contribution in [-0.2, 0) is 20.9 Å². The first kappa shape index (κ1) is 14.4. The van der Waals surface area contributed by atoms with Gasteiger partial charge in [-0.05, 0) is 30.9 Å². The maximum atomic E-state index is 12.2. The van der Waals surface area contributed by atoms with E-state index in [-0.39, 0.29) is 23.5 Å². The summed E-state index contributed by atoms with van der Waals surface area (Å²) in [5.41, 5.74) is 0.231. The van der Waals surface area contributed by atoms with E-state index in [0.717, 1.165) is 13.0 Å². The quantitative estimate of drug-likeness (QED) is 0.632. The van der Waals surface area contributed by atoms with Crippen molar-refractivity contribution in [1.82, 2.24) is 4.57 Å². The van der Waals surface area contributed by atoms with Crippen LogP contribution in [0.2, 0.25) is 0 Å². The summed E-state index contributed by atoms with van der Waals surface area (Å²) in [6, 6.07) is 3.48. The van der Waals surface area contributed by atoms with Crippen LogP contribution in [0.1, 0.15) is 31.9 Å². The van der Waals surface area contributed by atoms with E-state index in [4.69, 9.17) is 0 Å². The number of carbonyl (C=O) groups is 2. The van der Waals surface area contributed by atoms with Gasteiger partial charge in [0, 0.05) is 19.2 Å². The molecule has 2 rings (SSSR count). The van der Waals surface area contributed by atoms with Crippen LogP contribution in [0, 0.1) is 5.92 Å². The fraction of sp³-hybridized carbons (Fsp3) is 0.467. The Hall–Kier alpha value is -2.04. The number of aryl methyl sites for hydroxylation is 1. The number of rotatable bonds is 1. The molecule has 1 aromatic rings. The van der Waals surface area contributed by atoms with E-state index >= 15 is 0 Å². The molecule has 2 heterocycles. The fourth-order valence-corrected chi connectivity index (χ4v) is 2.40. The van der Waals surface area contributed by atoms with Gasteiger partial charge in [-0.15, -0.1) is 0 Å². The highest BCUT2D eigenvalue weighted by Gasteiger charge is 2.27. The SMILES string of the molecule is COC(=O)C1=C(O)c2cccn2CC[C@H](C)CCC1=O. The Balaban J connectivity index is 2.53. The zero-order valence-corrected chi connectivity index (χ0v) is 11.8. The van der Waals surface area contributed by atoms with Crippen molar-refractivity contribution in [3.63, 3.8) is 0 Å². The van der Waals surface area contributed by atoms with Gasteiger partial charge in [-0.3, -0.25) is 4.79 Å². The van der Waals surface area contributed by atoms with Crippen LogP contribution in [-0.4, -0.2) is 28.5 Å². The number of hydrogen-bond donors (Lipinski definition) is 1. The van der Waals surface area contributed by atoms with Crippen LogP contribution in [0.4, 0.5) is 0 Å². The summed E-state index contributed by atoms with van der Waals surface area (Å²) in [6.07, 6.45) is 3.70. The van der Waals surface area contributed by atoms with Gasteiger partial charge in [0.25, 0.3) is 0 Å².